The van der Waals surface area contributed by atoms with Gasteiger partial charge in [-0.1, -0.05) is 30.7 Å². The van der Waals surface area contributed by atoms with E-state index in [-0.39, 0.29) is 12.1 Å². The van der Waals surface area contributed by atoms with Crippen molar-refractivity contribution in [2.24, 2.45) is 0 Å². The summed E-state index contributed by atoms with van der Waals surface area (Å²) in [5.41, 5.74) is 3.72. The molecular weight excluding hydrogens is 256 g/mol. The number of nitrogens with one attached hydrogen (secondary N) is 1. The lowest BCUT2D eigenvalue weighted by Gasteiger charge is -2.28. The molecule has 19 heavy (non-hydrogen) atoms. The van der Waals surface area contributed by atoms with E-state index >= 15 is 0 Å². The van der Waals surface area contributed by atoms with Crippen molar-refractivity contribution >= 4 is 17.7 Å². The summed E-state index contributed by atoms with van der Waals surface area (Å²) in [5.74, 6) is 0.200. The van der Waals surface area contributed by atoms with E-state index < -0.39 is 0 Å². The summed E-state index contributed by atoms with van der Waals surface area (Å²) in [6.07, 6.45) is 2.12. The lowest BCUT2D eigenvalue weighted by molar-refractivity contribution is -0.128. The standard InChI is InChI=1S/C15H22N2OS/c1-10-5-6-13(11(2)7-10)15-16-8-14(18)17(15)9-12(3)19-4/h5-7,12,15-16H,8-9H2,1-4H3. The second-order valence-electron chi connectivity index (χ2n) is 5.24. The van der Waals surface area contributed by atoms with Crippen molar-refractivity contribution in [3.05, 3.63) is 34.9 Å². The number of rotatable bonds is 4. The largest absolute Gasteiger partial charge is 0.321 e. The maximum Gasteiger partial charge on any atom is 0.238 e. The average molecular weight is 278 g/mol. The molecule has 1 aliphatic heterocycles. The number of hydrogen-bond donors (Lipinski definition) is 1. The van der Waals surface area contributed by atoms with Crippen molar-refractivity contribution in [2.45, 2.75) is 32.2 Å². The van der Waals surface area contributed by atoms with Gasteiger partial charge in [0.05, 0.1) is 6.54 Å². The number of hydrogen-bond acceptors (Lipinski definition) is 3. The summed E-state index contributed by atoms with van der Waals surface area (Å²) in [6, 6.07) is 6.43. The van der Waals surface area contributed by atoms with Crippen molar-refractivity contribution in [1.29, 1.82) is 0 Å². The predicted molar refractivity (Wildman–Crippen MR) is 81.3 cm³/mol. The molecule has 1 fully saturated rings. The third-order valence-electron chi connectivity index (χ3n) is 3.65. The molecule has 1 heterocycles. The molecule has 1 amide bonds. The van der Waals surface area contributed by atoms with Gasteiger partial charge in [-0.3, -0.25) is 10.1 Å². The van der Waals surface area contributed by atoms with E-state index in [1.807, 2.05) is 4.90 Å². The van der Waals surface area contributed by atoms with Crippen LogP contribution in [0, 0.1) is 13.8 Å². The number of nitrogens with zero attached hydrogens (tertiary/aromatic N) is 1. The highest BCUT2D eigenvalue weighted by atomic mass is 32.2. The quantitative estimate of drug-likeness (QED) is 0.918. The monoisotopic (exact) mass is 278 g/mol. The summed E-state index contributed by atoms with van der Waals surface area (Å²) < 4.78 is 0. The van der Waals surface area contributed by atoms with Crippen LogP contribution in [-0.4, -0.2) is 35.4 Å². The van der Waals surface area contributed by atoms with Crippen LogP contribution in [0.1, 0.15) is 29.8 Å². The van der Waals surface area contributed by atoms with Gasteiger partial charge in [-0.25, -0.2) is 0 Å². The van der Waals surface area contributed by atoms with Gasteiger partial charge in [0.1, 0.15) is 6.17 Å². The summed E-state index contributed by atoms with van der Waals surface area (Å²) >= 11 is 1.80. The molecule has 1 aromatic rings. The molecule has 1 N–H and O–H groups in total. The van der Waals surface area contributed by atoms with Gasteiger partial charge < -0.3 is 4.90 Å². The molecule has 2 unspecified atom stereocenters. The summed E-state index contributed by atoms with van der Waals surface area (Å²) in [5, 5.41) is 3.79. The highest BCUT2D eigenvalue weighted by Crippen LogP contribution is 2.27. The first kappa shape index (κ1) is 14.4. The fourth-order valence-corrected chi connectivity index (χ4v) is 2.82. The second-order valence-corrected chi connectivity index (χ2v) is 6.51. The van der Waals surface area contributed by atoms with Crippen LogP contribution in [0.3, 0.4) is 0 Å². The number of aryl methyl sites for hydroxylation is 2. The zero-order valence-corrected chi connectivity index (χ0v) is 12.9. The van der Waals surface area contributed by atoms with Crippen LogP contribution in [0.2, 0.25) is 0 Å². The minimum absolute atomic E-state index is 0.0303. The molecule has 2 atom stereocenters. The Kier molecular flexibility index (Phi) is 4.53. The second kappa shape index (κ2) is 5.97. The Morgan fingerprint density at radius 1 is 1.47 bits per heavy atom. The molecular formula is C15H22N2OS. The lowest BCUT2D eigenvalue weighted by Crippen LogP contribution is -2.35. The normalized spacial score (nSPS) is 20.9. The van der Waals surface area contributed by atoms with Crippen molar-refractivity contribution in [3.63, 3.8) is 0 Å². The van der Waals surface area contributed by atoms with Gasteiger partial charge in [-0.2, -0.15) is 11.8 Å². The van der Waals surface area contributed by atoms with Crippen LogP contribution in [0.4, 0.5) is 0 Å². The van der Waals surface area contributed by atoms with E-state index in [2.05, 4.69) is 50.5 Å². The maximum atomic E-state index is 12.0. The molecule has 0 spiro atoms. The number of benzene rings is 1. The predicted octanol–water partition coefficient (Wildman–Crippen LogP) is 2.49. The Bertz CT molecular complexity index is 475. The van der Waals surface area contributed by atoms with Gasteiger partial charge in [-0.05, 0) is 31.2 Å². The number of amides is 1. The molecule has 0 bridgehead atoms. The van der Waals surface area contributed by atoms with Crippen LogP contribution in [0.5, 0.6) is 0 Å². The Morgan fingerprint density at radius 3 is 2.84 bits per heavy atom. The molecule has 1 aliphatic rings. The molecule has 4 heteroatoms. The molecule has 0 radical (unpaired) electrons. The van der Waals surface area contributed by atoms with Gasteiger partial charge in [0, 0.05) is 11.8 Å². The van der Waals surface area contributed by atoms with Gasteiger partial charge in [0.15, 0.2) is 0 Å². The number of thioether (sulfide) groups is 1. The van der Waals surface area contributed by atoms with Crippen LogP contribution in [-0.2, 0) is 4.79 Å². The minimum atomic E-state index is 0.0303. The van der Waals surface area contributed by atoms with E-state index in [0.29, 0.717) is 11.8 Å². The number of carbonyl (C=O) groups excluding carboxylic acids is 1. The number of carbonyl (C=O) groups is 1. The first-order valence-electron chi connectivity index (χ1n) is 6.65. The highest BCUT2D eigenvalue weighted by Gasteiger charge is 2.32. The Hall–Kier alpha value is -1.00. The van der Waals surface area contributed by atoms with Crippen molar-refractivity contribution in [2.75, 3.05) is 19.3 Å². The minimum Gasteiger partial charge on any atom is -0.321 e. The van der Waals surface area contributed by atoms with E-state index in [1.165, 1.54) is 16.7 Å². The first-order chi connectivity index (χ1) is 9.02. The molecule has 1 aromatic carbocycles. The van der Waals surface area contributed by atoms with E-state index in [9.17, 15) is 4.79 Å². The molecule has 0 aliphatic carbocycles. The topological polar surface area (TPSA) is 32.3 Å². The molecule has 3 nitrogen and oxygen atoms in total. The molecule has 0 saturated carbocycles. The van der Waals surface area contributed by atoms with Crippen molar-refractivity contribution in [3.8, 4) is 0 Å². The van der Waals surface area contributed by atoms with Crippen molar-refractivity contribution < 1.29 is 4.79 Å². The molecule has 1 saturated heterocycles. The SMILES string of the molecule is CSC(C)CN1C(=O)CNC1c1ccc(C)cc1C. The maximum absolute atomic E-state index is 12.0. The summed E-state index contributed by atoms with van der Waals surface area (Å²) in [6.45, 7) is 7.61. The van der Waals surface area contributed by atoms with E-state index in [4.69, 9.17) is 0 Å². The highest BCUT2D eigenvalue weighted by molar-refractivity contribution is 7.99. The lowest BCUT2D eigenvalue weighted by atomic mass is 10.0. The van der Waals surface area contributed by atoms with Crippen LogP contribution in [0.15, 0.2) is 18.2 Å². The fraction of sp³-hybridized carbons (Fsp3) is 0.533. The Labute approximate surface area is 119 Å². The Morgan fingerprint density at radius 2 is 2.21 bits per heavy atom. The molecule has 2 rings (SSSR count). The molecule has 0 aromatic heterocycles. The smallest absolute Gasteiger partial charge is 0.238 e. The van der Waals surface area contributed by atoms with Gasteiger partial charge in [0.2, 0.25) is 5.91 Å². The van der Waals surface area contributed by atoms with Crippen LogP contribution >= 0.6 is 11.8 Å². The summed E-state index contributed by atoms with van der Waals surface area (Å²) in [7, 11) is 0. The van der Waals surface area contributed by atoms with Gasteiger partial charge >= 0.3 is 0 Å². The molecule has 104 valence electrons. The summed E-state index contributed by atoms with van der Waals surface area (Å²) in [4.78, 5) is 14.0. The average Bonchev–Trinajstić information content (AvgIpc) is 2.71. The third-order valence-corrected chi connectivity index (χ3v) is 4.61. The zero-order chi connectivity index (χ0) is 14.0. The van der Waals surface area contributed by atoms with E-state index in [0.717, 1.165) is 6.54 Å². The van der Waals surface area contributed by atoms with Crippen LogP contribution in [0.25, 0.3) is 0 Å². The zero-order valence-electron chi connectivity index (χ0n) is 12.1. The fourth-order valence-electron chi connectivity index (χ4n) is 2.51. The van der Waals surface area contributed by atoms with Crippen molar-refractivity contribution in [1.82, 2.24) is 10.2 Å². The van der Waals surface area contributed by atoms with Gasteiger partial charge in [-0.15, -0.1) is 0 Å². The van der Waals surface area contributed by atoms with Gasteiger partial charge in [0.25, 0.3) is 0 Å². The first-order valence-corrected chi connectivity index (χ1v) is 7.94. The van der Waals surface area contributed by atoms with Crippen LogP contribution < -0.4 is 5.32 Å². The van der Waals surface area contributed by atoms with E-state index in [1.54, 1.807) is 11.8 Å². The third kappa shape index (κ3) is 3.12. The Balaban J connectivity index is 2.24.